The molecule has 80 valence electrons. The van der Waals surface area contributed by atoms with Crippen molar-refractivity contribution in [3.63, 3.8) is 0 Å². The molecule has 0 fully saturated rings. The molecule has 0 aliphatic heterocycles. The maximum Gasteiger partial charge on any atom is 0.00280 e. The van der Waals surface area contributed by atoms with E-state index in [0.717, 1.165) is 5.25 Å². The standard InChI is InChI=1S/C10H23NS2/c1-4-13-9-5-7-11-8-6-10(2)12-3/h10-11H,4-9H2,1-3H3. The minimum absolute atomic E-state index is 0.803. The van der Waals surface area contributed by atoms with E-state index in [2.05, 4.69) is 25.4 Å². The smallest absolute Gasteiger partial charge is 0.00280 e. The van der Waals surface area contributed by atoms with Gasteiger partial charge in [-0.3, -0.25) is 0 Å². The molecule has 1 atom stereocenters. The fourth-order valence-corrected chi connectivity index (χ4v) is 1.98. The first-order chi connectivity index (χ1) is 6.31. The SMILES string of the molecule is CCSCCCNCCC(C)SC. The van der Waals surface area contributed by atoms with Crippen molar-refractivity contribution in [2.45, 2.75) is 31.9 Å². The Balaban J connectivity index is 2.91. The zero-order chi connectivity index (χ0) is 9.94. The summed E-state index contributed by atoms with van der Waals surface area (Å²) in [4.78, 5) is 0. The molecule has 1 N–H and O–H groups in total. The Labute approximate surface area is 91.8 Å². The topological polar surface area (TPSA) is 12.0 Å². The van der Waals surface area contributed by atoms with Crippen LogP contribution in [0.4, 0.5) is 0 Å². The van der Waals surface area contributed by atoms with Gasteiger partial charge >= 0.3 is 0 Å². The predicted molar refractivity (Wildman–Crippen MR) is 68.1 cm³/mol. The Morgan fingerprint density at radius 3 is 2.69 bits per heavy atom. The molecule has 0 spiro atoms. The lowest BCUT2D eigenvalue weighted by atomic mass is 10.3. The van der Waals surface area contributed by atoms with Crippen LogP contribution in [0.25, 0.3) is 0 Å². The summed E-state index contributed by atoms with van der Waals surface area (Å²) in [6.07, 6.45) is 4.79. The zero-order valence-corrected chi connectivity index (χ0v) is 10.8. The molecular formula is C10H23NS2. The van der Waals surface area contributed by atoms with E-state index in [0.29, 0.717) is 0 Å². The van der Waals surface area contributed by atoms with Crippen molar-refractivity contribution in [2.24, 2.45) is 0 Å². The Morgan fingerprint density at radius 1 is 1.31 bits per heavy atom. The van der Waals surface area contributed by atoms with E-state index in [-0.39, 0.29) is 0 Å². The van der Waals surface area contributed by atoms with Crippen LogP contribution in [-0.4, -0.2) is 36.1 Å². The molecule has 0 rings (SSSR count). The minimum Gasteiger partial charge on any atom is -0.317 e. The van der Waals surface area contributed by atoms with Crippen LogP contribution in [0.5, 0.6) is 0 Å². The van der Waals surface area contributed by atoms with Gasteiger partial charge in [-0.15, -0.1) is 0 Å². The van der Waals surface area contributed by atoms with Crippen LogP contribution in [0, 0.1) is 0 Å². The molecule has 0 aromatic carbocycles. The van der Waals surface area contributed by atoms with E-state index in [1.807, 2.05) is 23.5 Å². The molecule has 1 unspecified atom stereocenters. The average Bonchev–Trinajstić information content (AvgIpc) is 2.16. The highest BCUT2D eigenvalue weighted by Gasteiger charge is 1.97. The molecule has 0 saturated carbocycles. The Morgan fingerprint density at radius 2 is 2.08 bits per heavy atom. The summed E-state index contributed by atoms with van der Waals surface area (Å²) < 4.78 is 0. The Hall–Kier alpha value is 0.660. The van der Waals surface area contributed by atoms with E-state index in [9.17, 15) is 0 Å². The van der Waals surface area contributed by atoms with Crippen LogP contribution in [0.2, 0.25) is 0 Å². The van der Waals surface area contributed by atoms with E-state index in [1.54, 1.807) is 0 Å². The summed E-state index contributed by atoms with van der Waals surface area (Å²) in [7, 11) is 0. The first-order valence-electron chi connectivity index (χ1n) is 5.12. The number of hydrogen-bond donors (Lipinski definition) is 1. The van der Waals surface area contributed by atoms with Crippen molar-refractivity contribution in [3.8, 4) is 0 Å². The molecule has 13 heavy (non-hydrogen) atoms. The molecule has 0 aliphatic carbocycles. The second-order valence-corrected chi connectivity index (χ2v) is 5.81. The van der Waals surface area contributed by atoms with Crippen LogP contribution < -0.4 is 5.32 Å². The van der Waals surface area contributed by atoms with Crippen LogP contribution in [0.15, 0.2) is 0 Å². The Kier molecular flexibility index (Phi) is 11.3. The van der Waals surface area contributed by atoms with Gasteiger partial charge in [0.25, 0.3) is 0 Å². The quantitative estimate of drug-likeness (QED) is 0.601. The van der Waals surface area contributed by atoms with Crippen LogP contribution in [0.1, 0.15) is 26.7 Å². The molecule has 0 aromatic heterocycles. The van der Waals surface area contributed by atoms with E-state index in [4.69, 9.17) is 0 Å². The zero-order valence-electron chi connectivity index (χ0n) is 9.14. The third-order valence-corrected chi connectivity index (χ3v) is 4.00. The van der Waals surface area contributed by atoms with Crippen LogP contribution in [0.3, 0.4) is 0 Å². The van der Waals surface area contributed by atoms with Crippen molar-refractivity contribution in [1.82, 2.24) is 5.32 Å². The second kappa shape index (κ2) is 10.7. The number of thioether (sulfide) groups is 2. The molecular weight excluding hydrogens is 198 g/mol. The second-order valence-electron chi connectivity index (χ2n) is 3.14. The largest absolute Gasteiger partial charge is 0.317 e. The maximum absolute atomic E-state index is 3.48. The molecule has 0 amide bonds. The molecule has 0 aliphatic rings. The summed E-state index contributed by atoms with van der Waals surface area (Å²) in [5.74, 6) is 2.56. The van der Waals surface area contributed by atoms with Crippen molar-refractivity contribution in [2.75, 3.05) is 30.9 Å². The molecule has 0 saturated heterocycles. The number of nitrogens with one attached hydrogen (secondary N) is 1. The minimum atomic E-state index is 0.803. The lowest BCUT2D eigenvalue weighted by Gasteiger charge is -2.08. The lowest BCUT2D eigenvalue weighted by Crippen LogP contribution is -2.19. The van der Waals surface area contributed by atoms with E-state index >= 15 is 0 Å². The summed E-state index contributed by atoms with van der Waals surface area (Å²) in [5.41, 5.74) is 0. The third-order valence-electron chi connectivity index (χ3n) is 1.98. The number of hydrogen-bond acceptors (Lipinski definition) is 3. The normalized spacial score (nSPS) is 13.2. The molecule has 0 bridgehead atoms. The first-order valence-corrected chi connectivity index (χ1v) is 7.56. The van der Waals surface area contributed by atoms with Gasteiger partial charge in [-0.2, -0.15) is 23.5 Å². The van der Waals surface area contributed by atoms with Gasteiger partial charge in [-0.1, -0.05) is 13.8 Å². The predicted octanol–water partition coefficient (Wildman–Crippen LogP) is 2.86. The summed E-state index contributed by atoms with van der Waals surface area (Å²) in [6.45, 7) is 6.88. The summed E-state index contributed by atoms with van der Waals surface area (Å²) in [6, 6.07) is 0. The molecule has 0 aromatic rings. The third kappa shape index (κ3) is 10.6. The average molecular weight is 221 g/mol. The van der Waals surface area contributed by atoms with Gasteiger partial charge in [0.05, 0.1) is 0 Å². The van der Waals surface area contributed by atoms with Gasteiger partial charge in [0.1, 0.15) is 0 Å². The van der Waals surface area contributed by atoms with Crippen LogP contribution >= 0.6 is 23.5 Å². The van der Waals surface area contributed by atoms with Gasteiger partial charge in [0.15, 0.2) is 0 Å². The monoisotopic (exact) mass is 221 g/mol. The highest BCUT2D eigenvalue weighted by Crippen LogP contribution is 2.07. The highest BCUT2D eigenvalue weighted by atomic mass is 32.2. The fourth-order valence-electron chi connectivity index (χ4n) is 0.992. The van der Waals surface area contributed by atoms with Crippen molar-refractivity contribution in [1.29, 1.82) is 0 Å². The van der Waals surface area contributed by atoms with Gasteiger partial charge in [-0.05, 0) is 43.7 Å². The van der Waals surface area contributed by atoms with Crippen LogP contribution in [-0.2, 0) is 0 Å². The van der Waals surface area contributed by atoms with Gasteiger partial charge in [0, 0.05) is 5.25 Å². The molecule has 0 heterocycles. The summed E-state index contributed by atoms with van der Waals surface area (Å²) >= 11 is 3.99. The van der Waals surface area contributed by atoms with E-state index in [1.165, 1.54) is 37.4 Å². The first kappa shape index (κ1) is 13.7. The molecule has 1 nitrogen and oxygen atoms in total. The maximum atomic E-state index is 3.48. The Bertz CT molecular complexity index is 98.9. The van der Waals surface area contributed by atoms with Gasteiger partial charge in [-0.25, -0.2) is 0 Å². The molecule has 3 heteroatoms. The van der Waals surface area contributed by atoms with Crippen molar-refractivity contribution in [3.05, 3.63) is 0 Å². The highest BCUT2D eigenvalue weighted by molar-refractivity contribution is 7.99. The number of rotatable bonds is 9. The summed E-state index contributed by atoms with van der Waals surface area (Å²) in [5, 5.41) is 4.29. The van der Waals surface area contributed by atoms with E-state index < -0.39 is 0 Å². The molecule has 0 radical (unpaired) electrons. The van der Waals surface area contributed by atoms with Crippen molar-refractivity contribution >= 4 is 23.5 Å². The van der Waals surface area contributed by atoms with Crippen molar-refractivity contribution < 1.29 is 0 Å². The van der Waals surface area contributed by atoms with Gasteiger partial charge in [0.2, 0.25) is 0 Å². The van der Waals surface area contributed by atoms with Gasteiger partial charge < -0.3 is 5.32 Å². The lowest BCUT2D eigenvalue weighted by molar-refractivity contribution is 0.641. The fraction of sp³-hybridized carbons (Fsp3) is 1.00.